The van der Waals surface area contributed by atoms with Crippen LogP contribution in [-0.4, -0.2) is 34.9 Å². The molecule has 6 heteroatoms. The highest BCUT2D eigenvalue weighted by Gasteiger charge is 2.54. The smallest absolute Gasteiger partial charge is 0.226 e. The van der Waals surface area contributed by atoms with Crippen LogP contribution < -0.4 is 10.2 Å². The van der Waals surface area contributed by atoms with Gasteiger partial charge in [-0.25, -0.2) is 4.98 Å². The average Bonchev–Trinajstić information content (AvgIpc) is 3.26. The normalized spacial score (nSPS) is 31.8. The van der Waals surface area contributed by atoms with Gasteiger partial charge in [-0.15, -0.1) is 0 Å². The summed E-state index contributed by atoms with van der Waals surface area (Å²) in [5.74, 6) is 4.37. The summed E-state index contributed by atoms with van der Waals surface area (Å²) in [6.45, 7) is 2.87. The van der Waals surface area contributed by atoms with Crippen LogP contribution in [0.3, 0.4) is 0 Å². The van der Waals surface area contributed by atoms with Crippen molar-refractivity contribution in [2.75, 3.05) is 24.5 Å². The number of nitrogens with zero attached hydrogens (tertiary/aromatic N) is 3. The Balaban J connectivity index is 0.990. The van der Waals surface area contributed by atoms with Gasteiger partial charge in [-0.05, 0) is 80.6 Å². The molecule has 5 fully saturated rings. The van der Waals surface area contributed by atoms with E-state index in [9.17, 15) is 4.79 Å². The van der Waals surface area contributed by atoms with Crippen LogP contribution in [0.25, 0.3) is 0 Å². The number of nitrogens with one attached hydrogen (secondary N) is 1. The molecule has 1 saturated heterocycles. The van der Waals surface area contributed by atoms with Crippen molar-refractivity contribution < 1.29 is 4.79 Å². The Morgan fingerprint density at radius 2 is 1.69 bits per heavy atom. The lowest BCUT2D eigenvalue weighted by Gasteiger charge is -2.55. The minimum Gasteiger partial charge on any atom is -0.355 e. The first kappa shape index (κ1) is 20.6. The van der Waals surface area contributed by atoms with Gasteiger partial charge in [0.05, 0.1) is 0 Å². The van der Waals surface area contributed by atoms with Gasteiger partial charge in [0.1, 0.15) is 5.82 Å². The van der Waals surface area contributed by atoms with Crippen LogP contribution in [-0.2, 0) is 11.2 Å². The molecule has 32 heavy (non-hydrogen) atoms. The lowest BCUT2D eigenvalue weighted by molar-refractivity contribution is -0.146. The van der Waals surface area contributed by atoms with E-state index in [-0.39, 0.29) is 5.41 Å². The topological polar surface area (TPSA) is 58.1 Å². The first-order valence-corrected chi connectivity index (χ1v) is 13.3. The highest BCUT2D eigenvalue weighted by Crippen LogP contribution is 2.60. The molecule has 0 atom stereocenters. The van der Waals surface area contributed by atoms with E-state index in [1.54, 1.807) is 0 Å². The summed E-state index contributed by atoms with van der Waals surface area (Å²) in [5, 5.41) is 4.46. The van der Waals surface area contributed by atoms with E-state index in [2.05, 4.69) is 38.9 Å². The molecule has 2 aromatic rings. The molecule has 5 nitrogen and oxygen atoms in total. The Bertz CT molecular complexity index is 914. The molecular weight excluding hydrogens is 416 g/mol. The third kappa shape index (κ3) is 4.07. The second kappa shape index (κ2) is 8.44. The molecule has 0 spiro atoms. The number of carbonyl (C=O) groups excluding carboxylic acids is 1. The number of rotatable bonds is 6. The monoisotopic (exact) mass is 450 g/mol. The van der Waals surface area contributed by atoms with E-state index >= 15 is 0 Å². The number of anilines is 1. The zero-order valence-electron chi connectivity index (χ0n) is 18.8. The van der Waals surface area contributed by atoms with Gasteiger partial charge in [-0.1, -0.05) is 30.3 Å². The fourth-order valence-corrected chi connectivity index (χ4v) is 8.10. The number of carbonyl (C=O) groups is 1. The number of benzene rings is 1. The van der Waals surface area contributed by atoms with Crippen LogP contribution in [0.2, 0.25) is 0 Å². The van der Waals surface area contributed by atoms with Crippen LogP contribution >= 0.6 is 11.5 Å². The standard InChI is InChI=1S/C26H34N4OS/c31-24(26-14-20-10-21(15-26)12-22(11-20)16-26)27-17-19-6-8-30(9-7-19)25-28-23(29-32-25)13-18-4-2-1-3-5-18/h1-5,19-22H,6-17H2,(H,27,31). The number of amides is 1. The van der Waals surface area contributed by atoms with Gasteiger partial charge in [0.2, 0.25) is 11.0 Å². The van der Waals surface area contributed by atoms with Gasteiger partial charge in [-0.3, -0.25) is 4.79 Å². The van der Waals surface area contributed by atoms with E-state index in [0.717, 1.165) is 86.9 Å². The maximum absolute atomic E-state index is 13.2. The summed E-state index contributed by atoms with van der Waals surface area (Å²) in [5.41, 5.74) is 1.24. The van der Waals surface area contributed by atoms with Crippen molar-refractivity contribution in [1.29, 1.82) is 0 Å². The Morgan fingerprint density at radius 1 is 1.03 bits per heavy atom. The molecule has 4 aliphatic carbocycles. The van der Waals surface area contributed by atoms with Crippen molar-refractivity contribution in [2.24, 2.45) is 29.1 Å². The first-order chi connectivity index (χ1) is 15.6. The largest absolute Gasteiger partial charge is 0.355 e. The lowest BCUT2D eigenvalue weighted by atomic mass is 9.49. The molecule has 1 aliphatic heterocycles. The maximum Gasteiger partial charge on any atom is 0.226 e. The molecule has 0 radical (unpaired) electrons. The fraction of sp³-hybridized carbons (Fsp3) is 0.654. The summed E-state index contributed by atoms with van der Waals surface area (Å²) >= 11 is 1.52. The van der Waals surface area contributed by atoms with Crippen LogP contribution in [0.5, 0.6) is 0 Å². The molecule has 7 rings (SSSR count). The molecule has 4 saturated carbocycles. The summed E-state index contributed by atoms with van der Waals surface area (Å²) in [6, 6.07) is 10.4. The third-order valence-corrected chi connectivity index (χ3v) is 9.43. The number of hydrogen-bond donors (Lipinski definition) is 1. The van der Waals surface area contributed by atoms with Gasteiger partial charge in [-0.2, -0.15) is 4.37 Å². The van der Waals surface area contributed by atoms with Crippen LogP contribution in [0.15, 0.2) is 30.3 Å². The van der Waals surface area contributed by atoms with Crippen molar-refractivity contribution in [3.63, 3.8) is 0 Å². The molecular formula is C26H34N4OS. The SMILES string of the molecule is O=C(NCC1CCN(c2nc(Cc3ccccc3)ns2)CC1)C12CC3CC(CC(C3)C1)C2. The molecule has 1 N–H and O–H groups in total. The zero-order valence-corrected chi connectivity index (χ0v) is 19.7. The average molecular weight is 451 g/mol. The molecule has 170 valence electrons. The summed E-state index contributed by atoms with van der Waals surface area (Å²) < 4.78 is 4.59. The second-order valence-corrected chi connectivity index (χ2v) is 11.7. The summed E-state index contributed by atoms with van der Waals surface area (Å²) in [4.78, 5) is 20.4. The Hall–Kier alpha value is -1.95. The van der Waals surface area contributed by atoms with Crippen LogP contribution in [0, 0.1) is 29.1 Å². The third-order valence-electron chi connectivity index (χ3n) is 8.62. The minimum absolute atomic E-state index is 0.0167. The quantitative estimate of drug-likeness (QED) is 0.694. The zero-order chi connectivity index (χ0) is 21.5. The van der Waals surface area contributed by atoms with Crippen LogP contribution in [0.4, 0.5) is 5.13 Å². The Labute approximate surface area is 195 Å². The number of piperidine rings is 1. The highest BCUT2D eigenvalue weighted by molar-refractivity contribution is 7.09. The van der Waals surface area contributed by atoms with Crippen molar-refractivity contribution in [3.05, 3.63) is 41.7 Å². The molecule has 5 aliphatic rings. The molecule has 0 unspecified atom stereocenters. The molecule has 4 bridgehead atoms. The van der Waals surface area contributed by atoms with E-state index < -0.39 is 0 Å². The molecule has 2 heterocycles. The first-order valence-electron chi connectivity index (χ1n) is 12.5. The lowest BCUT2D eigenvalue weighted by Crippen LogP contribution is -2.54. The predicted molar refractivity (Wildman–Crippen MR) is 128 cm³/mol. The number of aromatic nitrogens is 2. The van der Waals surface area contributed by atoms with Gasteiger partial charge < -0.3 is 10.2 Å². The van der Waals surface area contributed by atoms with E-state index in [1.165, 1.54) is 36.4 Å². The Morgan fingerprint density at radius 3 is 2.34 bits per heavy atom. The molecule has 1 aromatic carbocycles. The molecule has 1 amide bonds. The fourth-order valence-electron chi connectivity index (χ4n) is 7.37. The van der Waals surface area contributed by atoms with Gasteiger partial charge in [0.25, 0.3) is 0 Å². The van der Waals surface area contributed by atoms with Crippen LogP contribution in [0.1, 0.15) is 62.8 Å². The highest BCUT2D eigenvalue weighted by atomic mass is 32.1. The number of hydrogen-bond acceptors (Lipinski definition) is 5. The van der Waals surface area contributed by atoms with Crippen molar-refractivity contribution in [3.8, 4) is 0 Å². The summed E-state index contributed by atoms with van der Waals surface area (Å²) in [7, 11) is 0. The predicted octanol–water partition coefficient (Wildman–Crippen LogP) is 4.68. The van der Waals surface area contributed by atoms with Crippen molar-refractivity contribution in [1.82, 2.24) is 14.7 Å². The van der Waals surface area contributed by atoms with E-state index in [1.807, 2.05) is 6.07 Å². The van der Waals surface area contributed by atoms with Crippen molar-refractivity contribution >= 4 is 22.6 Å². The molecule has 1 aromatic heterocycles. The van der Waals surface area contributed by atoms with Gasteiger partial charge in [0, 0.05) is 43.0 Å². The Kier molecular flexibility index (Phi) is 5.44. The van der Waals surface area contributed by atoms with Gasteiger partial charge in [0.15, 0.2) is 0 Å². The van der Waals surface area contributed by atoms with Gasteiger partial charge >= 0.3 is 0 Å². The van der Waals surface area contributed by atoms with E-state index in [4.69, 9.17) is 4.98 Å². The maximum atomic E-state index is 13.2. The summed E-state index contributed by atoms with van der Waals surface area (Å²) in [6.07, 6.45) is 10.7. The minimum atomic E-state index is -0.0167. The second-order valence-electron chi connectivity index (χ2n) is 11.0. The van der Waals surface area contributed by atoms with Crippen molar-refractivity contribution in [2.45, 2.75) is 57.8 Å². The van der Waals surface area contributed by atoms with E-state index in [0.29, 0.717) is 11.8 Å².